The summed E-state index contributed by atoms with van der Waals surface area (Å²) in [7, 11) is 4.17. The highest BCUT2D eigenvalue weighted by Crippen LogP contribution is 2.31. The molecule has 0 saturated carbocycles. The van der Waals surface area contributed by atoms with Crippen LogP contribution in [0.5, 0.6) is 0 Å². The number of nitrogens with one attached hydrogen (secondary N) is 1. The third kappa shape index (κ3) is 2.34. The van der Waals surface area contributed by atoms with Crippen LogP contribution in [0.2, 0.25) is 0 Å². The van der Waals surface area contributed by atoms with Crippen molar-refractivity contribution in [3.63, 3.8) is 0 Å². The van der Waals surface area contributed by atoms with Crippen LogP contribution < -0.4 is 10.2 Å². The van der Waals surface area contributed by atoms with Gasteiger partial charge in [0.05, 0.1) is 6.04 Å². The van der Waals surface area contributed by atoms with Gasteiger partial charge in [0.2, 0.25) is 0 Å². The van der Waals surface area contributed by atoms with Crippen LogP contribution in [0.1, 0.15) is 22.7 Å². The second kappa shape index (κ2) is 5.02. The van der Waals surface area contributed by atoms with Crippen LogP contribution in [0.4, 0.5) is 5.69 Å². The van der Waals surface area contributed by atoms with Gasteiger partial charge in [0.25, 0.3) is 0 Å². The van der Waals surface area contributed by atoms with E-state index in [-0.39, 0.29) is 6.04 Å². The Hall–Kier alpha value is -1.87. The van der Waals surface area contributed by atoms with Crippen molar-refractivity contribution in [3.8, 4) is 0 Å². The van der Waals surface area contributed by atoms with Gasteiger partial charge < -0.3 is 10.2 Å². The molecule has 1 atom stereocenters. The number of fused-ring (bicyclic) bond motifs is 1. The fourth-order valence-corrected chi connectivity index (χ4v) is 2.67. The zero-order valence-electron chi connectivity index (χ0n) is 11.4. The number of benzene rings is 1. The summed E-state index contributed by atoms with van der Waals surface area (Å²) in [5.41, 5.74) is 5.38. The van der Waals surface area contributed by atoms with Crippen LogP contribution in [0.25, 0.3) is 0 Å². The minimum absolute atomic E-state index is 0.284. The minimum atomic E-state index is 0.284. The smallest absolute Gasteiger partial charge is 0.0581 e. The van der Waals surface area contributed by atoms with Gasteiger partial charge >= 0.3 is 0 Å². The molecule has 1 N–H and O–H groups in total. The molecule has 19 heavy (non-hydrogen) atoms. The van der Waals surface area contributed by atoms with E-state index in [2.05, 4.69) is 59.6 Å². The zero-order chi connectivity index (χ0) is 13.2. The van der Waals surface area contributed by atoms with Crippen LogP contribution in [-0.4, -0.2) is 25.6 Å². The van der Waals surface area contributed by atoms with Crippen molar-refractivity contribution in [1.29, 1.82) is 0 Å². The number of rotatable bonds is 2. The van der Waals surface area contributed by atoms with Crippen molar-refractivity contribution in [2.45, 2.75) is 12.5 Å². The van der Waals surface area contributed by atoms with E-state index in [0.717, 1.165) is 13.0 Å². The molecule has 2 heterocycles. The molecule has 0 radical (unpaired) electrons. The molecule has 1 aromatic heterocycles. The molecule has 3 nitrogen and oxygen atoms in total. The number of nitrogens with zero attached hydrogens (tertiary/aromatic N) is 2. The molecular formula is C16H19N3. The molecule has 0 aliphatic carbocycles. The number of aromatic nitrogens is 1. The lowest BCUT2D eigenvalue weighted by molar-refractivity contribution is 0.567. The fourth-order valence-electron chi connectivity index (χ4n) is 2.67. The Balaban J connectivity index is 2.05. The Morgan fingerprint density at radius 3 is 2.68 bits per heavy atom. The van der Waals surface area contributed by atoms with E-state index < -0.39 is 0 Å². The molecule has 0 amide bonds. The normalized spacial score (nSPS) is 17.9. The third-order valence-electron chi connectivity index (χ3n) is 3.74. The fraction of sp³-hybridized carbons (Fsp3) is 0.312. The first-order valence-corrected chi connectivity index (χ1v) is 6.69. The lowest BCUT2D eigenvalue weighted by atomic mass is 9.90. The molecule has 0 fully saturated rings. The second-order valence-electron chi connectivity index (χ2n) is 5.20. The lowest BCUT2D eigenvalue weighted by Gasteiger charge is -2.28. The van der Waals surface area contributed by atoms with Gasteiger partial charge in [-0.1, -0.05) is 6.07 Å². The van der Waals surface area contributed by atoms with Gasteiger partial charge in [-0.25, -0.2) is 0 Å². The van der Waals surface area contributed by atoms with Gasteiger partial charge in [-0.05, 0) is 47.4 Å². The Morgan fingerprint density at radius 2 is 1.95 bits per heavy atom. The van der Waals surface area contributed by atoms with Crippen molar-refractivity contribution in [3.05, 3.63) is 59.4 Å². The number of hydrogen-bond donors (Lipinski definition) is 1. The van der Waals surface area contributed by atoms with Gasteiger partial charge in [0.1, 0.15) is 0 Å². The summed E-state index contributed by atoms with van der Waals surface area (Å²) in [5.74, 6) is 0. The summed E-state index contributed by atoms with van der Waals surface area (Å²) in [5, 5.41) is 3.61. The first kappa shape index (κ1) is 12.2. The summed E-state index contributed by atoms with van der Waals surface area (Å²) in [6, 6.07) is 11.2. The van der Waals surface area contributed by atoms with Crippen LogP contribution in [0.3, 0.4) is 0 Å². The Morgan fingerprint density at radius 1 is 1.16 bits per heavy atom. The van der Waals surface area contributed by atoms with E-state index >= 15 is 0 Å². The number of anilines is 1. The quantitative estimate of drug-likeness (QED) is 0.890. The Bertz CT molecular complexity index is 563. The Kier molecular flexibility index (Phi) is 3.22. The van der Waals surface area contributed by atoms with Gasteiger partial charge in [0, 0.05) is 38.7 Å². The van der Waals surface area contributed by atoms with E-state index in [1.807, 2.05) is 12.4 Å². The first-order valence-electron chi connectivity index (χ1n) is 6.69. The SMILES string of the molecule is CN(C)c1ccc2c(c1)C(c1ccncc1)NCC2. The van der Waals surface area contributed by atoms with Crippen molar-refractivity contribution < 1.29 is 0 Å². The largest absolute Gasteiger partial charge is 0.378 e. The summed E-state index contributed by atoms with van der Waals surface area (Å²) in [6.45, 7) is 1.03. The molecule has 0 spiro atoms. The van der Waals surface area contributed by atoms with Gasteiger partial charge in [-0.2, -0.15) is 0 Å². The van der Waals surface area contributed by atoms with Gasteiger partial charge in [0.15, 0.2) is 0 Å². The summed E-state index contributed by atoms with van der Waals surface area (Å²) in [4.78, 5) is 6.26. The molecule has 1 aliphatic heterocycles. The molecule has 98 valence electrons. The molecule has 2 aromatic rings. The molecule has 1 unspecified atom stereocenters. The molecule has 1 aliphatic rings. The molecule has 3 heteroatoms. The van der Waals surface area contributed by atoms with Crippen molar-refractivity contribution in [2.75, 3.05) is 25.5 Å². The van der Waals surface area contributed by atoms with E-state index in [1.54, 1.807) is 0 Å². The average molecular weight is 253 g/mol. The number of hydrogen-bond acceptors (Lipinski definition) is 3. The first-order chi connectivity index (χ1) is 9.25. The van der Waals surface area contributed by atoms with E-state index in [0.29, 0.717) is 0 Å². The predicted octanol–water partition coefficient (Wildman–Crippen LogP) is 2.38. The average Bonchev–Trinajstić information content (AvgIpc) is 2.47. The lowest BCUT2D eigenvalue weighted by Crippen LogP contribution is -2.30. The highest BCUT2D eigenvalue weighted by Gasteiger charge is 2.21. The van der Waals surface area contributed by atoms with E-state index in [1.165, 1.54) is 22.4 Å². The minimum Gasteiger partial charge on any atom is -0.378 e. The van der Waals surface area contributed by atoms with E-state index in [9.17, 15) is 0 Å². The standard InChI is InChI=1S/C16H19N3/c1-19(2)14-4-3-12-7-10-18-16(15(12)11-14)13-5-8-17-9-6-13/h3-6,8-9,11,16,18H,7,10H2,1-2H3. The van der Waals surface area contributed by atoms with E-state index in [4.69, 9.17) is 0 Å². The third-order valence-corrected chi connectivity index (χ3v) is 3.74. The maximum absolute atomic E-state index is 4.11. The maximum atomic E-state index is 4.11. The van der Waals surface area contributed by atoms with Crippen LogP contribution in [0, 0.1) is 0 Å². The predicted molar refractivity (Wildman–Crippen MR) is 78.6 cm³/mol. The summed E-state index contributed by atoms with van der Waals surface area (Å²) < 4.78 is 0. The van der Waals surface area contributed by atoms with Crippen molar-refractivity contribution >= 4 is 5.69 Å². The highest BCUT2D eigenvalue weighted by atomic mass is 15.1. The monoisotopic (exact) mass is 253 g/mol. The molecule has 1 aromatic carbocycles. The highest BCUT2D eigenvalue weighted by molar-refractivity contribution is 5.53. The van der Waals surface area contributed by atoms with Crippen molar-refractivity contribution in [2.24, 2.45) is 0 Å². The zero-order valence-corrected chi connectivity index (χ0v) is 11.4. The molecular weight excluding hydrogens is 234 g/mol. The van der Waals surface area contributed by atoms with Crippen molar-refractivity contribution in [1.82, 2.24) is 10.3 Å². The maximum Gasteiger partial charge on any atom is 0.0581 e. The van der Waals surface area contributed by atoms with Gasteiger partial charge in [-0.3, -0.25) is 4.98 Å². The molecule has 3 rings (SSSR count). The topological polar surface area (TPSA) is 28.2 Å². The van der Waals surface area contributed by atoms with Gasteiger partial charge in [-0.15, -0.1) is 0 Å². The summed E-state index contributed by atoms with van der Waals surface area (Å²) in [6.07, 6.45) is 4.83. The molecule has 0 bridgehead atoms. The van der Waals surface area contributed by atoms with Crippen LogP contribution in [0.15, 0.2) is 42.7 Å². The molecule has 0 saturated heterocycles. The second-order valence-corrected chi connectivity index (χ2v) is 5.20. The van der Waals surface area contributed by atoms with Crippen LogP contribution in [-0.2, 0) is 6.42 Å². The Labute approximate surface area is 114 Å². The number of pyridine rings is 1. The summed E-state index contributed by atoms with van der Waals surface area (Å²) >= 11 is 0. The van der Waals surface area contributed by atoms with Crippen LogP contribution >= 0.6 is 0 Å².